The topological polar surface area (TPSA) is 24.1 Å². The first-order valence-electron chi connectivity index (χ1n) is 6.79. The molecule has 1 aliphatic heterocycles. The van der Waals surface area contributed by atoms with Gasteiger partial charge in [0, 0.05) is 19.1 Å². The van der Waals surface area contributed by atoms with Crippen LogP contribution < -0.4 is 10.6 Å². The number of nitrogens with one attached hydrogen (secondary N) is 2. The molecule has 1 saturated carbocycles. The van der Waals surface area contributed by atoms with Crippen molar-refractivity contribution < 1.29 is 0 Å². The summed E-state index contributed by atoms with van der Waals surface area (Å²) < 4.78 is 0. The van der Waals surface area contributed by atoms with Crippen LogP contribution in [0.5, 0.6) is 0 Å². The molecule has 0 aromatic rings. The predicted molar refractivity (Wildman–Crippen MR) is 65.1 cm³/mol. The summed E-state index contributed by atoms with van der Waals surface area (Å²) in [6, 6.07) is 0.750. The summed E-state index contributed by atoms with van der Waals surface area (Å²) in [6.45, 7) is 6.02. The van der Waals surface area contributed by atoms with Crippen LogP contribution >= 0.6 is 0 Å². The fraction of sp³-hybridized carbons (Fsp3) is 1.00. The Labute approximate surface area is 94.2 Å². The molecule has 0 bridgehead atoms. The molecule has 88 valence electrons. The van der Waals surface area contributed by atoms with Crippen LogP contribution in [0, 0.1) is 5.41 Å². The second kappa shape index (κ2) is 5.31. The summed E-state index contributed by atoms with van der Waals surface area (Å²) in [5.74, 6) is 0. The van der Waals surface area contributed by atoms with E-state index in [1.807, 2.05) is 0 Å². The highest BCUT2D eigenvalue weighted by atomic mass is 15.0. The van der Waals surface area contributed by atoms with Crippen LogP contribution in [0.15, 0.2) is 0 Å². The molecule has 1 heterocycles. The summed E-state index contributed by atoms with van der Waals surface area (Å²) in [4.78, 5) is 0. The lowest BCUT2D eigenvalue weighted by Crippen LogP contribution is -2.39. The number of rotatable bonds is 5. The van der Waals surface area contributed by atoms with Gasteiger partial charge in [-0.3, -0.25) is 0 Å². The van der Waals surface area contributed by atoms with Gasteiger partial charge in [-0.15, -0.1) is 0 Å². The summed E-state index contributed by atoms with van der Waals surface area (Å²) in [5, 5.41) is 7.25. The van der Waals surface area contributed by atoms with Gasteiger partial charge in [0.05, 0.1) is 0 Å². The van der Waals surface area contributed by atoms with E-state index >= 15 is 0 Å². The average molecular weight is 210 g/mol. The Morgan fingerprint density at radius 2 is 2.07 bits per heavy atom. The van der Waals surface area contributed by atoms with Crippen molar-refractivity contribution in [1.29, 1.82) is 0 Å². The monoisotopic (exact) mass is 210 g/mol. The van der Waals surface area contributed by atoms with Crippen molar-refractivity contribution in [3.63, 3.8) is 0 Å². The fourth-order valence-electron chi connectivity index (χ4n) is 3.22. The summed E-state index contributed by atoms with van der Waals surface area (Å²) in [5.41, 5.74) is 0.651. The zero-order valence-electron chi connectivity index (χ0n) is 10.1. The standard InChI is InChI=1S/C13H26N2/c1-2-13(7-3-4-8-13)11-14-10-12-6-5-9-15-12/h12,14-15H,2-11H2,1H3. The zero-order chi connectivity index (χ0) is 10.6. The predicted octanol–water partition coefficient (Wildman–Crippen LogP) is 2.30. The van der Waals surface area contributed by atoms with Gasteiger partial charge in [0.25, 0.3) is 0 Å². The zero-order valence-corrected chi connectivity index (χ0v) is 10.1. The Kier molecular flexibility index (Phi) is 4.04. The SMILES string of the molecule is CCC1(CNCC2CCCN2)CCCC1. The molecule has 0 aromatic carbocycles. The van der Waals surface area contributed by atoms with Crippen molar-refractivity contribution in [3.8, 4) is 0 Å². The minimum absolute atomic E-state index is 0.651. The third-order valence-corrected chi connectivity index (χ3v) is 4.47. The maximum absolute atomic E-state index is 3.70. The normalized spacial score (nSPS) is 29.8. The van der Waals surface area contributed by atoms with E-state index < -0.39 is 0 Å². The Bertz CT molecular complexity index is 179. The van der Waals surface area contributed by atoms with Gasteiger partial charge in [-0.1, -0.05) is 19.8 Å². The molecule has 1 atom stereocenters. The molecule has 2 N–H and O–H groups in total. The number of hydrogen-bond donors (Lipinski definition) is 2. The third-order valence-electron chi connectivity index (χ3n) is 4.47. The van der Waals surface area contributed by atoms with E-state index in [1.54, 1.807) is 0 Å². The lowest BCUT2D eigenvalue weighted by atomic mass is 9.83. The van der Waals surface area contributed by atoms with Crippen LogP contribution in [0.2, 0.25) is 0 Å². The molecule has 0 radical (unpaired) electrons. The molecule has 15 heavy (non-hydrogen) atoms. The third kappa shape index (κ3) is 2.94. The highest BCUT2D eigenvalue weighted by Crippen LogP contribution is 2.40. The quantitative estimate of drug-likeness (QED) is 0.727. The van der Waals surface area contributed by atoms with Crippen LogP contribution in [0.25, 0.3) is 0 Å². The summed E-state index contributed by atoms with van der Waals surface area (Å²) in [7, 11) is 0. The highest BCUT2D eigenvalue weighted by Gasteiger charge is 2.31. The van der Waals surface area contributed by atoms with Crippen molar-refractivity contribution in [3.05, 3.63) is 0 Å². The Hall–Kier alpha value is -0.0800. The first-order valence-corrected chi connectivity index (χ1v) is 6.79. The first-order chi connectivity index (χ1) is 7.35. The Morgan fingerprint density at radius 1 is 1.27 bits per heavy atom. The molecule has 2 rings (SSSR count). The second-order valence-corrected chi connectivity index (χ2v) is 5.48. The molecule has 2 heteroatoms. The fourth-order valence-corrected chi connectivity index (χ4v) is 3.22. The molecule has 0 amide bonds. The van der Waals surface area contributed by atoms with E-state index in [0.29, 0.717) is 5.41 Å². The van der Waals surface area contributed by atoms with Crippen LogP contribution in [0.4, 0.5) is 0 Å². The Morgan fingerprint density at radius 3 is 2.67 bits per heavy atom. The first kappa shape index (κ1) is 11.4. The molecule has 1 saturated heterocycles. The molecule has 0 aromatic heterocycles. The summed E-state index contributed by atoms with van der Waals surface area (Å²) >= 11 is 0. The lowest BCUT2D eigenvalue weighted by molar-refractivity contribution is 0.265. The molecule has 1 aliphatic carbocycles. The average Bonchev–Trinajstić information content (AvgIpc) is 2.89. The van der Waals surface area contributed by atoms with E-state index in [9.17, 15) is 0 Å². The van der Waals surface area contributed by atoms with E-state index in [-0.39, 0.29) is 0 Å². The van der Waals surface area contributed by atoms with Gasteiger partial charge in [0.2, 0.25) is 0 Å². The highest BCUT2D eigenvalue weighted by molar-refractivity contribution is 4.86. The van der Waals surface area contributed by atoms with Gasteiger partial charge in [-0.2, -0.15) is 0 Å². The summed E-state index contributed by atoms with van der Waals surface area (Å²) in [6.07, 6.45) is 9.91. The molecule has 2 fully saturated rings. The molecular weight excluding hydrogens is 184 g/mol. The van der Waals surface area contributed by atoms with E-state index in [2.05, 4.69) is 17.6 Å². The lowest BCUT2D eigenvalue weighted by Gasteiger charge is -2.28. The molecular formula is C13H26N2. The van der Waals surface area contributed by atoms with Gasteiger partial charge >= 0.3 is 0 Å². The molecule has 1 unspecified atom stereocenters. The molecule has 2 aliphatic rings. The van der Waals surface area contributed by atoms with Crippen LogP contribution in [-0.2, 0) is 0 Å². The van der Waals surface area contributed by atoms with Crippen molar-refractivity contribution in [2.75, 3.05) is 19.6 Å². The molecule has 0 spiro atoms. The van der Waals surface area contributed by atoms with Gasteiger partial charge in [0.15, 0.2) is 0 Å². The van der Waals surface area contributed by atoms with Gasteiger partial charge in [-0.25, -0.2) is 0 Å². The van der Waals surface area contributed by atoms with Crippen LogP contribution in [0.3, 0.4) is 0 Å². The second-order valence-electron chi connectivity index (χ2n) is 5.48. The van der Waals surface area contributed by atoms with Crippen molar-refractivity contribution in [1.82, 2.24) is 10.6 Å². The van der Waals surface area contributed by atoms with E-state index in [0.717, 1.165) is 6.04 Å². The van der Waals surface area contributed by atoms with Gasteiger partial charge < -0.3 is 10.6 Å². The minimum Gasteiger partial charge on any atom is -0.315 e. The number of hydrogen-bond acceptors (Lipinski definition) is 2. The minimum atomic E-state index is 0.651. The van der Waals surface area contributed by atoms with Gasteiger partial charge in [-0.05, 0) is 44.1 Å². The maximum atomic E-state index is 3.70. The van der Waals surface area contributed by atoms with E-state index in [1.165, 1.54) is 64.6 Å². The molecule has 2 nitrogen and oxygen atoms in total. The maximum Gasteiger partial charge on any atom is 0.0192 e. The van der Waals surface area contributed by atoms with Crippen LogP contribution in [-0.4, -0.2) is 25.7 Å². The van der Waals surface area contributed by atoms with Crippen molar-refractivity contribution in [2.45, 2.75) is 57.9 Å². The smallest absolute Gasteiger partial charge is 0.0192 e. The van der Waals surface area contributed by atoms with Crippen molar-refractivity contribution in [2.24, 2.45) is 5.41 Å². The van der Waals surface area contributed by atoms with E-state index in [4.69, 9.17) is 0 Å². The largest absolute Gasteiger partial charge is 0.315 e. The van der Waals surface area contributed by atoms with Gasteiger partial charge in [0.1, 0.15) is 0 Å². The van der Waals surface area contributed by atoms with Crippen LogP contribution in [0.1, 0.15) is 51.9 Å². The van der Waals surface area contributed by atoms with Crippen molar-refractivity contribution >= 4 is 0 Å². The Balaban J connectivity index is 1.67.